The molecule has 1 amide bonds. The number of nitrogens with zero attached hydrogens (tertiary/aromatic N) is 2. The number of hydrogen-bond acceptors (Lipinski definition) is 4. The number of aryl methyl sites for hydroxylation is 1. The van der Waals surface area contributed by atoms with Gasteiger partial charge in [-0.1, -0.05) is 12.1 Å². The Morgan fingerprint density at radius 3 is 2.60 bits per heavy atom. The van der Waals surface area contributed by atoms with E-state index in [1.807, 2.05) is 26.0 Å². The summed E-state index contributed by atoms with van der Waals surface area (Å²) in [7, 11) is 1.64. The average Bonchev–Trinajstić information content (AvgIpc) is 2.70. The summed E-state index contributed by atoms with van der Waals surface area (Å²) in [4.78, 5) is 19.2. The number of pyridine rings is 1. The number of nitrogens with one attached hydrogen (secondary N) is 1. The summed E-state index contributed by atoms with van der Waals surface area (Å²) in [5.74, 6) is 0.246. The van der Waals surface area contributed by atoms with Gasteiger partial charge in [0.15, 0.2) is 0 Å². The van der Waals surface area contributed by atoms with Gasteiger partial charge in [-0.3, -0.25) is 14.7 Å². The van der Waals surface area contributed by atoms with Crippen LogP contribution in [-0.4, -0.2) is 55.2 Å². The van der Waals surface area contributed by atoms with Gasteiger partial charge in [-0.05, 0) is 81.6 Å². The van der Waals surface area contributed by atoms with Crippen LogP contribution in [0.1, 0.15) is 48.2 Å². The Bertz CT molecular complexity index is 833. The van der Waals surface area contributed by atoms with Gasteiger partial charge in [0.1, 0.15) is 5.82 Å². The summed E-state index contributed by atoms with van der Waals surface area (Å²) in [5.41, 5.74) is 4.44. The van der Waals surface area contributed by atoms with Crippen molar-refractivity contribution in [2.75, 3.05) is 33.4 Å². The van der Waals surface area contributed by atoms with E-state index in [0.717, 1.165) is 49.3 Å². The van der Waals surface area contributed by atoms with Gasteiger partial charge in [0.25, 0.3) is 0 Å². The average molecular weight is 414 g/mol. The highest BCUT2D eigenvalue weighted by atomic mass is 19.1. The molecule has 6 heteroatoms. The zero-order chi connectivity index (χ0) is 21.5. The molecule has 0 saturated carbocycles. The number of carbonyl (C=O) groups is 1. The topological polar surface area (TPSA) is 54.5 Å². The third-order valence-corrected chi connectivity index (χ3v) is 5.55. The lowest BCUT2D eigenvalue weighted by Gasteiger charge is -2.31. The fourth-order valence-electron chi connectivity index (χ4n) is 4.12. The first-order chi connectivity index (χ1) is 14.4. The minimum Gasteiger partial charge on any atom is -0.383 e. The number of likely N-dealkylation sites (tertiary alicyclic amines) is 1. The summed E-state index contributed by atoms with van der Waals surface area (Å²) in [6, 6.07) is 11.0. The predicted molar refractivity (Wildman–Crippen MR) is 116 cm³/mol. The molecule has 1 aromatic carbocycles. The van der Waals surface area contributed by atoms with E-state index in [2.05, 4.69) is 22.3 Å². The Morgan fingerprint density at radius 1 is 1.23 bits per heavy atom. The van der Waals surface area contributed by atoms with Crippen LogP contribution in [0.5, 0.6) is 0 Å². The molecule has 0 aliphatic carbocycles. The molecular weight excluding hydrogens is 381 g/mol. The Morgan fingerprint density at radius 2 is 1.93 bits per heavy atom. The van der Waals surface area contributed by atoms with Gasteiger partial charge in [-0.2, -0.15) is 0 Å². The van der Waals surface area contributed by atoms with Crippen LogP contribution in [0.2, 0.25) is 0 Å². The Hall–Kier alpha value is -2.31. The predicted octanol–water partition coefficient (Wildman–Crippen LogP) is 3.45. The number of hydrogen-bond donors (Lipinski definition) is 1. The van der Waals surface area contributed by atoms with Crippen LogP contribution < -0.4 is 5.32 Å². The van der Waals surface area contributed by atoms with Crippen LogP contribution in [-0.2, 0) is 16.0 Å². The van der Waals surface area contributed by atoms with Crippen LogP contribution in [0.25, 0.3) is 0 Å². The van der Waals surface area contributed by atoms with Crippen molar-refractivity contribution in [2.45, 2.75) is 45.1 Å². The van der Waals surface area contributed by atoms with Crippen molar-refractivity contribution in [1.29, 1.82) is 0 Å². The van der Waals surface area contributed by atoms with Crippen LogP contribution in [0.15, 0.2) is 36.4 Å². The van der Waals surface area contributed by atoms with E-state index < -0.39 is 0 Å². The molecule has 2 heterocycles. The number of halogens is 1. The molecule has 2 aromatic rings. The van der Waals surface area contributed by atoms with Gasteiger partial charge in [0.2, 0.25) is 5.91 Å². The lowest BCUT2D eigenvalue weighted by atomic mass is 9.91. The molecule has 0 spiro atoms. The van der Waals surface area contributed by atoms with Crippen LogP contribution in [0.3, 0.4) is 0 Å². The number of amides is 1. The minimum absolute atomic E-state index is 0.0241. The van der Waals surface area contributed by atoms with Gasteiger partial charge in [-0.25, -0.2) is 4.39 Å². The molecule has 1 N–H and O–H groups in total. The fraction of sp³-hybridized carbons (Fsp3) is 0.500. The first kappa shape index (κ1) is 22.4. The van der Waals surface area contributed by atoms with Crippen molar-refractivity contribution in [2.24, 2.45) is 0 Å². The molecule has 1 aliphatic heterocycles. The molecule has 1 aliphatic rings. The molecule has 5 nitrogen and oxygen atoms in total. The highest BCUT2D eigenvalue weighted by Gasteiger charge is 2.23. The number of aromatic nitrogens is 1. The van der Waals surface area contributed by atoms with Crippen molar-refractivity contribution >= 4 is 5.91 Å². The molecule has 1 atom stereocenters. The third-order valence-electron chi connectivity index (χ3n) is 5.55. The zero-order valence-corrected chi connectivity index (χ0v) is 18.2. The second kappa shape index (κ2) is 10.6. The second-order valence-corrected chi connectivity index (χ2v) is 8.32. The van der Waals surface area contributed by atoms with Crippen molar-refractivity contribution < 1.29 is 13.9 Å². The van der Waals surface area contributed by atoms with Gasteiger partial charge >= 0.3 is 0 Å². The molecule has 0 bridgehead atoms. The maximum atomic E-state index is 13.2. The molecule has 30 heavy (non-hydrogen) atoms. The lowest BCUT2D eigenvalue weighted by Crippen LogP contribution is -2.44. The van der Waals surface area contributed by atoms with Crippen LogP contribution in [0.4, 0.5) is 4.39 Å². The third kappa shape index (κ3) is 6.61. The number of benzene rings is 1. The summed E-state index contributed by atoms with van der Waals surface area (Å²) >= 11 is 0. The number of methoxy groups -OCH3 is 1. The fourth-order valence-corrected chi connectivity index (χ4v) is 4.12. The van der Waals surface area contributed by atoms with Gasteiger partial charge < -0.3 is 10.1 Å². The summed E-state index contributed by atoms with van der Waals surface area (Å²) < 4.78 is 18.2. The quantitative estimate of drug-likeness (QED) is 0.720. The molecule has 162 valence electrons. The molecule has 1 aromatic heterocycles. The van der Waals surface area contributed by atoms with Crippen molar-refractivity contribution in [3.8, 4) is 0 Å². The monoisotopic (exact) mass is 413 g/mol. The van der Waals surface area contributed by atoms with E-state index in [1.165, 1.54) is 17.7 Å². The SMILES string of the molecule is COC[C@H](C)NC(=O)CN1CCC(c2cc(Cc3ccc(F)cc3)cc(C)n2)CC1. The Balaban J connectivity index is 1.55. The number of ether oxygens (including phenoxy) is 1. The van der Waals surface area contributed by atoms with Crippen molar-refractivity contribution in [3.05, 3.63) is 64.7 Å². The van der Waals surface area contributed by atoms with E-state index in [-0.39, 0.29) is 17.8 Å². The van der Waals surface area contributed by atoms with E-state index in [4.69, 9.17) is 9.72 Å². The highest BCUT2D eigenvalue weighted by Crippen LogP contribution is 2.28. The second-order valence-electron chi connectivity index (χ2n) is 8.32. The summed E-state index contributed by atoms with van der Waals surface area (Å²) in [6.07, 6.45) is 2.76. The normalized spacial score (nSPS) is 16.4. The molecular formula is C24H32FN3O2. The summed E-state index contributed by atoms with van der Waals surface area (Å²) in [6.45, 7) is 6.70. The maximum absolute atomic E-state index is 13.2. The first-order valence-electron chi connectivity index (χ1n) is 10.7. The summed E-state index contributed by atoms with van der Waals surface area (Å²) in [5, 5.41) is 2.97. The molecule has 1 saturated heterocycles. The Labute approximate surface area is 178 Å². The van der Waals surface area contributed by atoms with Crippen molar-refractivity contribution in [3.63, 3.8) is 0 Å². The van der Waals surface area contributed by atoms with E-state index in [9.17, 15) is 9.18 Å². The molecule has 3 rings (SSSR count). The van der Waals surface area contributed by atoms with Gasteiger partial charge in [0, 0.05) is 30.5 Å². The zero-order valence-electron chi connectivity index (χ0n) is 18.2. The van der Waals surface area contributed by atoms with E-state index in [0.29, 0.717) is 19.1 Å². The highest BCUT2D eigenvalue weighted by molar-refractivity contribution is 5.78. The molecule has 1 fully saturated rings. The molecule has 0 radical (unpaired) electrons. The van der Waals surface area contributed by atoms with Crippen molar-refractivity contribution in [1.82, 2.24) is 15.2 Å². The van der Waals surface area contributed by atoms with Crippen LogP contribution >= 0.6 is 0 Å². The Kier molecular flexibility index (Phi) is 7.94. The van der Waals surface area contributed by atoms with Gasteiger partial charge in [-0.15, -0.1) is 0 Å². The van der Waals surface area contributed by atoms with Crippen LogP contribution in [0, 0.1) is 12.7 Å². The lowest BCUT2D eigenvalue weighted by molar-refractivity contribution is -0.123. The first-order valence-corrected chi connectivity index (χ1v) is 10.7. The smallest absolute Gasteiger partial charge is 0.234 e. The standard InChI is InChI=1S/C24H32FN3O2/c1-17-12-20(13-19-4-6-22(25)7-5-19)14-23(26-17)21-8-10-28(11-9-21)15-24(29)27-18(2)16-30-3/h4-7,12,14,18,21H,8-11,13,15-16H2,1-3H3,(H,27,29)/t18-/m0/s1. The van der Waals surface area contributed by atoms with Gasteiger partial charge in [0.05, 0.1) is 13.2 Å². The van der Waals surface area contributed by atoms with E-state index in [1.54, 1.807) is 7.11 Å². The number of piperidine rings is 1. The number of carbonyl (C=O) groups excluding carboxylic acids is 1. The van der Waals surface area contributed by atoms with E-state index >= 15 is 0 Å². The number of rotatable bonds is 8. The minimum atomic E-state index is -0.209. The molecule has 0 unspecified atom stereocenters. The maximum Gasteiger partial charge on any atom is 0.234 e. The largest absolute Gasteiger partial charge is 0.383 e.